The number of hydrogen-bond acceptors (Lipinski definition) is 9. The predicted molar refractivity (Wildman–Crippen MR) is 101 cm³/mol. The van der Waals surface area contributed by atoms with E-state index in [9.17, 15) is 4.79 Å². The molecular weight excluding hydrogens is 358 g/mol. The zero-order chi connectivity index (χ0) is 17.6. The Morgan fingerprint density at radius 1 is 1.24 bits per heavy atom. The number of rotatable bonds is 7. The predicted octanol–water partition coefficient (Wildman–Crippen LogP) is 1.60. The third-order valence-corrected chi connectivity index (χ3v) is 5.24. The molecule has 0 aromatic carbocycles. The number of amides is 1. The first kappa shape index (κ1) is 17.4. The zero-order valence-electron chi connectivity index (χ0n) is 13.7. The van der Waals surface area contributed by atoms with E-state index >= 15 is 0 Å². The van der Waals surface area contributed by atoms with Crippen LogP contribution < -0.4 is 16.1 Å². The second-order valence-corrected chi connectivity index (χ2v) is 7.33. The molecule has 3 aromatic rings. The summed E-state index contributed by atoms with van der Waals surface area (Å²) in [4.78, 5) is 27.2. The Morgan fingerprint density at radius 2 is 2.12 bits per heavy atom. The van der Waals surface area contributed by atoms with Gasteiger partial charge in [-0.2, -0.15) is 5.10 Å². The quantitative estimate of drug-likeness (QED) is 0.428. The van der Waals surface area contributed by atoms with E-state index in [-0.39, 0.29) is 5.91 Å². The van der Waals surface area contributed by atoms with Crippen LogP contribution in [0, 0.1) is 0 Å². The Kier molecular flexibility index (Phi) is 5.64. The van der Waals surface area contributed by atoms with Gasteiger partial charge in [0.1, 0.15) is 16.2 Å². The summed E-state index contributed by atoms with van der Waals surface area (Å²) in [5.41, 5.74) is 2.93. The number of hydrogen-bond donors (Lipinski definition) is 3. The van der Waals surface area contributed by atoms with Crippen LogP contribution in [0.1, 0.15) is 14.8 Å². The fourth-order valence-corrected chi connectivity index (χ4v) is 3.91. The lowest BCUT2D eigenvalue weighted by Gasteiger charge is -1.99. The molecule has 0 atom stereocenters. The van der Waals surface area contributed by atoms with Crippen molar-refractivity contribution in [3.63, 3.8) is 0 Å². The van der Waals surface area contributed by atoms with Crippen LogP contribution in [-0.4, -0.2) is 41.2 Å². The first-order valence-electron chi connectivity index (χ1n) is 7.52. The van der Waals surface area contributed by atoms with Crippen molar-refractivity contribution < 1.29 is 4.79 Å². The maximum atomic E-state index is 11.5. The fraction of sp³-hybridized carbons (Fsp3) is 0.267. The van der Waals surface area contributed by atoms with Crippen LogP contribution in [0.25, 0.3) is 10.2 Å². The second kappa shape index (κ2) is 8.10. The van der Waals surface area contributed by atoms with Gasteiger partial charge in [0.25, 0.3) is 0 Å². The van der Waals surface area contributed by atoms with Crippen molar-refractivity contribution in [2.45, 2.75) is 13.0 Å². The third kappa shape index (κ3) is 4.35. The van der Waals surface area contributed by atoms with Crippen molar-refractivity contribution in [3.8, 4) is 0 Å². The van der Waals surface area contributed by atoms with E-state index in [4.69, 9.17) is 0 Å². The highest BCUT2D eigenvalue weighted by Gasteiger charge is 2.10. The molecular formula is C15H17N7OS2. The molecule has 3 N–H and O–H groups in total. The lowest BCUT2D eigenvalue weighted by molar-refractivity contribution is -0.119. The van der Waals surface area contributed by atoms with Crippen LogP contribution in [0.5, 0.6) is 0 Å². The number of thiazole rings is 1. The number of thiophene rings is 1. The van der Waals surface area contributed by atoms with Crippen molar-refractivity contribution >= 4 is 50.8 Å². The Morgan fingerprint density at radius 3 is 2.92 bits per heavy atom. The van der Waals surface area contributed by atoms with Gasteiger partial charge in [-0.1, -0.05) is 0 Å². The molecule has 10 heteroatoms. The molecule has 0 saturated carbocycles. The first-order valence-corrected chi connectivity index (χ1v) is 9.15. The Hall–Kier alpha value is -2.43. The van der Waals surface area contributed by atoms with Crippen molar-refractivity contribution in [3.05, 3.63) is 33.4 Å². The monoisotopic (exact) mass is 375 g/mol. The van der Waals surface area contributed by atoms with E-state index in [2.05, 4.69) is 36.1 Å². The number of hydrazone groups is 1. The smallest absolute Gasteiger partial charge is 0.224 e. The van der Waals surface area contributed by atoms with Crippen LogP contribution in [0.2, 0.25) is 0 Å². The standard InChI is InChI=1S/C15H17N7OS2/c1-16-5-10-6-18-13(24-10)7-21-22-14-11-3-9(4-12(23)17-2)25-15(11)20-8-19-14/h3,6-8,16H,4-5H2,1-2H3,(H,17,23)(H,19,20,22). The van der Waals surface area contributed by atoms with Gasteiger partial charge in [0.05, 0.1) is 18.0 Å². The van der Waals surface area contributed by atoms with Gasteiger partial charge in [-0.3, -0.25) is 10.2 Å². The van der Waals surface area contributed by atoms with Crippen LogP contribution in [0.3, 0.4) is 0 Å². The highest BCUT2D eigenvalue weighted by molar-refractivity contribution is 7.18. The number of carbonyl (C=O) groups excluding carboxylic acids is 1. The molecule has 3 aromatic heterocycles. The fourth-order valence-electron chi connectivity index (χ4n) is 2.12. The van der Waals surface area contributed by atoms with Crippen LogP contribution in [0.4, 0.5) is 5.82 Å². The van der Waals surface area contributed by atoms with E-state index in [1.54, 1.807) is 24.6 Å². The molecule has 0 bridgehead atoms. The maximum Gasteiger partial charge on any atom is 0.224 e. The highest BCUT2D eigenvalue weighted by Crippen LogP contribution is 2.28. The van der Waals surface area contributed by atoms with E-state index in [0.29, 0.717) is 12.2 Å². The number of aromatic nitrogens is 3. The number of nitrogens with zero attached hydrogens (tertiary/aromatic N) is 4. The Bertz CT molecular complexity index is 902. The minimum atomic E-state index is -0.0341. The molecule has 1 amide bonds. The molecule has 0 aliphatic heterocycles. The summed E-state index contributed by atoms with van der Waals surface area (Å²) in [5, 5.41) is 11.6. The largest absolute Gasteiger partial charge is 0.359 e. The summed E-state index contributed by atoms with van der Waals surface area (Å²) >= 11 is 3.04. The van der Waals surface area contributed by atoms with E-state index < -0.39 is 0 Å². The molecule has 3 heterocycles. The summed E-state index contributed by atoms with van der Waals surface area (Å²) in [6.07, 6.45) is 5.30. The maximum absolute atomic E-state index is 11.5. The lowest BCUT2D eigenvalue weighted by Crippen LogP contribution is -2.19. The molecule has 0 aliphatic rings. The molecule has 0 unspecified atom stereocenters. The molecule has 0 spiro atoms. The van der Waals surface area contributed by atoms with Gasteiger partial charge in [0, 0.05) is 29.5 Å². The number of fused-ring (bicyclic) bond motifs is 1. The van der Waals surface area contributed by atoms with E-state index in [1.165, 1.54) is 17.7 Å². The summed E-state index contributed by atoms with van der Waals surface area (Å²) < 4.78 is 0. The van der Waals surface area contributed by atoms with Gasteiger partial charge in [0.2, 0.25) is 5.91 Å². The SMILES string of the molecule is CNCc1cnc(C=NNc2ncnc3sc(CC(=O)NC)cc23)s1. The molecule has 0 radical (unpaired) electrons. The minimum Gasteiger partial charge on any atom is -0.359 e. The lowest BCUT2D eigenvalue weighted by atomic mass is 10.3. The molecule has 0 saturated heterocycles. The first-order chi connectivity index (χ1) is 12.2. The normalized spacial score (nSPS) is 11.3. The molecule has 0 fully saturated rings. The number of nitrogens with one attached hydrogen (secondary N) is 3. The Labute approximate surface area is 152 Å². The van der Waals surface area contributed by atoms with Gasteiger partial charge in [-0.25, -0.2) is 15.0 Å². The topological polar surface area (TPSA) is 104 Å². The van der Waals surface area contributed by atoms with Crippen LogP contribution >= 0.6 is 22.7 Å². The zero-order valence-corrected chi connectivity index (χ0v) is 15.4. The third-order valence-electron chi connectivity index (χ3n) is 3.26. The van der Waals surface area contributed by atoms with Crippen LogP contribution in [-0.2, 0) is 17.8 Å². The van der Waals surface area contributed by atoms with Gasteiger partial charge in [-0.15, -0.1) is 22.7 Å². The average Bonchev–Trinajstić information content (AvgIpc) is 3.22. The van der Waals surface area contributed by atoms with Crippen molar-refractivity contribution in [1.29, 1.82) is 0 Å². The molecule has 0 aliphatic carbocycles. The molecule has 8 nitrogen and oxygen atoms in total. The molecule has 3 rings (SSSR count). The summed E-state index contributed by atoms with van der Waals surface area (Å²) in [6, 6.07) is 1.92. The minimum absolute atomic E-state index is 0.0341. The van der Waals surface area contributed by atoms with Crippen molar-refractivity contribution in [2.75, 3.05) is 19.5 Å². The molecule has 25 heavy (non-hydrogen) atoms. The molecule has 130 valence electrons. The van der Waals surface area contributed by atoms with Gasteiger partial charge < -0.3 is 10.6 Å². The number of anilines is 1. The van der Waals surface area contributed by atoms with E-state index in [1.807, 2.05) is 19.3 Å². The average molecular weight is 375 g/mol. The number of carbonyl (C=O) groups is 1. The second-order valence-electron chi connectivity index (χ2n) is 5.07. The summed E-state index contributed by atoms with van der Waals surface area (Å²) in [7, 11) is 3.52. The van der Waals surface area contributed by atoms with Gasteiger partial charge >= 0.3 is 0 Å². The van der Waals surface area contributed by atoms with Crippen molar-refractivity contribution in [1.82, 2.24) is 25.6 Å². The van der Waals surface area contributed by atoms with E-state index in [0.717, 1.165) is 31.5 Å². The van der Waals surface area contributed by atoms with Crippen LogP contribution in [0.15, 0.2) is 23.7 Å². The van der Waals surface area contributed by atoms with Gasteiger partial charge in [-0.05, 0) is 13.1 Å². The number of likely N-dealkylation sites (N-methyl/N-ethyl adjacent to an activating group) is 1. The van der Waals surface area contributed by atoms with Crippen molar-refractivity contribution in [2.24, 2.45) is 5.10 Å². The van der Waals surface area contributed by atoms with Gasteiger partial charge in [0.15, 0.2) is 5.82 Å². The Balaban J connectivity index is 1.74. The highest BCUT2D eigenvalue weighted by atomic mass is 32.1. The summed E-state index contributed by atoms with van der Waals surface area (Å²) in [6.45, 7) is 0.786. The summed E-state index contributed by atoms with van der Waals surface area (Å²) in [5.74, 6) is 0.570.